The van der Waals surface area contributed by atoms with Crippen molar-refractivity contribution >= 4 is 23.5 Å². The van der Waals surface area contributed by atoms with Gasteiger partial charge in [-0.25, -0.2) is 0 Å². The molecular weight excluding hydrogens is 562 g/mol. The van der Waals surface area contributed by atoms with Crippen LogP contribution >= 0.6 is 0 Å². The summed E-state index contributed by atoms with van der Waals surface area (Å²) in [4.78, 5) is 47.8. The molecule has 0 aromatic heterocycles. The number of carbonyl (C=O) groups excluding carboxylic acids is 4. The van der Waals surface area contributed by atoms with E-state index in [1.165, 1.54) is 96.8 Å². The van der Waals surface area contributed by atoms with Crippen molar-refractivity contribution in [3.63, 3.8) is 0 Å². The lowest BCUT2D eigenvalue weighted by Crippen LogP contribution is -2.40. The lowest BCUT2D eigenvalue weighted by Gasteiger charge is -2.16. The van der Waals surface area contributed by atoms with Crippen LogP contribution in [-0.2, 0) is 28.7 Å². The van der Waals surface area contributed by atoms with Gasteiger partial charge >= 0.3 is 0 Å². The van der Waals surface area contributed by atoms with E-state index in [0.717, 1.165) is 19.3 Å². The molecule has 0 radical (unpaired) electrons. The van der Waals surface area contributed by atoms with E-state index >= 15 is 0 Å². The second-order valence-electron chi connectivity index (χ2n) is 11.8. The Labute approximate surface area is 267 Å². The molecule has 44 heavy (non-hydrogen) atoms. The summed E-state index contributed by atoms with van der Waals surface area (Å²) < 4.78 is 10.5. The van der Waals surface area contributed by atoms with Crippen LogP contribution < -0.4 is 16.0 Å². The third kappa shape index (κ3) is 30.0. The van der Waals surface area contributed by atoms with Crippen molar-refractivity contribution in [3.05, 3.63) is 0 Å². The number of amides is 3. The standard InChI is InChI=1S/C34H65N3O7/c1-3-4-5-6-7-8-9-10-11-12-13-14-15-16-17-18-19-20-33(41)37-31(30(2)39)21-22-32(40)36-24-26-43-27-28-44-29-34(42)35-23-25-38/h31,38H,3-29H2,1-2H3,(H,35,42)(H,36,40)(H,37,41)/t31-/m0/s1. The molecule has 4 N–H and O–H groups in total. The van der Waals surface area contributed by atoms with Gasteiger partial charge in [-0.05, 0) is 19.8 Å². The van der Waals surface area contributed by atoms with Gasteiger partial charge in [0.05, 0.1) is 32.5 Å². The molecule has 3 amide bonds. The Morgan fingerprint density at radius 1 is 0.591 bits per heavy atom. The first kappa shape index (κ1) is 42.0. The number of unbranched alkanes of at least 4 members (excludes halogenated alkanes) is 16. The van der Waals surface area contributed by atoms with Gasteiger partial charge in [0.1, 0.15) is 6.61 Å². The molecule has 0 aliphatic rings. The SMILES string of the molecule is CCCCCCCCCCCCCCCCCCCC(=O)N[C@@H](CCC(=O)NCCOCCOCC(=O)NCCO)C(C)=O. The first-order valence-electron chi connectivity index (χ1n) is 17.5. The minimum atomic E-state index is -0.651. The molecule has 10 heteroatoms. The van der Waals surface area contributed by atoms with Gasteiger partial charge in [-0.1, -0.05) is 110 Å². The quantitative estimate of drug-likeness (QED) is 0.0738. The van der Waals surface area contributed by atoms with Crippen molar-refractivity contribution in [2.24, 2.45) is 0 Å². The summed E-state index contributed by atoms with van der Waals surface area (Å²) in [5.41, 5.74) is 0. The second kappa shape index (κ2) is 32.4. The number of hydrogen-bond acceptors (Lipinski definition) is 7. The van der Waals surface area contributed by atoms with Crippen molar-refractivity contribution in [1.82, 2.24) is 16.0 Å². The molecule has 0 spiro atoms. The third-order valence-electron chi connectivity index (χ3n) is 7.60. The lowest BCUT2D eigenvalue weighted by atomic mass is 10.0. The number of nitrogens with one attached hydrogen (secondary N) is 3. The van der Waals surface area contributed by atoms with E-state index in [1.807, 2.05) is 0 Å². The Kier molecular flexibility index (Phi) is 30.9. The Morgan fingerprint density at radius 3 is 1.61 bits per heavy atom. The van der Waals surface area contributed by atoms with Crippen molar-refractivity contribution in [1.29, 1.82) is 0 Å². The molecule has 0 saturated carbocycles. The molecule has 0 aliphatic heterocycles. The minimum absolute atomic E-state index is 0.104. The highest BCUT2D eigenvalue weighted by Gasteiger charge is 2.18. The van der Waals surface area contributed by atoms with Crippen LogP contribution in [0.1, 0.15) is 142 Å². The summed E-state index contributed by atoms with van der Waals surface area (Å²) in [6.45, 7) is 4.79. The Morgan fingerprint density at radius 2 is 1.09 bits per heavy atom. The van der Waals surface area contributed by atoms with Crippen LogP contribution in [0.15, 0.2) is 0 Å². The number of Topliss-reactive ketones (excluding diaryl/α,β-unsaturated/α-hetero) is 1. The second-order valence-corrected chi connectivity index (χ2v) is 11.8. The van der Waals surface area contributed by atoms with E-state index in [2.05, 4.69) is 22.9 Å². The zero-order chi connectivity index (χ0) is 32.5. The fraction of sp³-hybridized carbons (Fsp3) is 0.882. The molecule has 0 unspecified atom stereocenters. The summed E-state index contributed by atoms with van der Waals surface area (Å²) in [7, 11) is 0. The molecule has 0 aromatic rings. The number of ketones is 1. The van der Waals surface area contributed by atoms with Gasteiger partial charge in [-0.15, -0.1) is 0 Å². The molecule has 0 aromatic carbocycles. The Hall–Kier alpha value is -2.04. The van der Waals surface area contributed by atoms with E-state index in [-0.39, 0.29) is 75.9 Å². The van der Waals surface area contributed by atoms with E-state index in [1.54, 1.807) is 0 Å². The smallest absolute Gasteiger partial charge is 0.246 e. The number of carbonyl (C=O) groups is 4. The van der Waals surface area contributed by atoms with Gasteiger partial charge in [0, 0.05) is 25.9 Å². The maximum absolute atomic E-state index is 12.3. The average Bonchev–Trinajstić information content (AvgIpc) is 3.00. The van der Waals surface area contributed by atoms with Crippen LogP contribution in [0.25, 0.3) is 0 Å². The number of aliphatic hydroxyl groups excluding tert-OH is 1. The Balaban J connectivity index is 3.66. The molecule has 0 rings (SSSR count). The van der Waals surface area contributed by atoms with Gasteiger partial charge in [-0.2, -0.15) is 0 Å². The van der Waals surface area contributed by atoms with Gasteiger partial charge in [0.15, 0.2) is 5.78 Å². The highest BCUT2D eigenvalue weighted by atomic mass is 16.5. The van der Waals surface area contributed by atoms with Crippen LogP contribution in [0.3, 0.4) is 0 Å². The maximum Gasteiger partial charge on any atom is 0.246 e. The zero-order valence-electron chi connectivity index (χ0n) is 28.1. The molecule has 0 bridgehead atoms. The van der Waals surface area contributed by atoms with Crippen molar-refractivity contribution < 1.29 is 33.8 Å². The molecule has 1 atom stereocenters. The lowest BCUT2D eigenvalue weighted by molar-refractivity contribution is -0.128. The van der Waals surface area contributed by atoms with Crippen LogP contribution in [0.4, 0.5) is 0 Å². The minimum Gasteiger partial charge on any atom is -0.395 e. The van der Waals surface area contributed by atoms with E-state index in [0.29, 0.717) is 13.0 Å². The molecule has 0 saturated heterocycles. The van der Waals surface area contributed by atoms with Crippen molar-refractivity contribution in [2.75, 3.05) is 46.1 Å². The predicted molar refractivity (Wildman–Crippen MR) is 175 cm³/mol. The first-order chi connectivity index (χ1) is 21.4. The fourth-order valence-electron chi connectivity index (χ4n) is 4.91. The van der Waals surface area contributed by atoms with Gasteiger partial charge < -0.3 is 30.5 Å². The van der Waals surface area contributed by atoms with Crippen LogP contribution in [0, 0.1) is 0 Å². The van der Waals surface area contributed by atoms with Crippen molar-refractivity contribution in [3.8, 4) is 0 Å². The normalized spacial score (nSPS) is 11.7. The van der Waals surface area contributed by atoms with Crippen LogP contribution in [0.5, 0.6) is 0 Å². The summed E-state index contributed by atoms with van der Waals surface area (Å²) in [5.74, 6) is -0.796. The molecule has 0 aliphatic carbocycles. The molecular formula is C34H65N3O7. The van der Waals surface area contributed by atoms with Gasteiger partial charge in [0.2, 0.25) is 17.7 Å². The summed E-state index contributed by atoms with van der Waals surface area (Å²) in [6.07, 6.45) is 22.8. The highest BCUT2D eigenvalue weighted by Crippen LogP contribution is 2.14. The summed E-state index contributed by atoms with van der Waals surface area (Å²) in [5, 5.41) is 16.6. The molecule has 10 nitrogen and oxygen atoms in total. The third-order valence-corrected chi connectivity index (χ3v) is 7.60. The van der Waals surface area contributed by atoms with Crippen LogP contribution in [0.2, 0.25) is 0 Å². The molecule has 0 fully saturated rings. The topological polar surface area (TPSA) is 143 Å². The number of ether oxygens (including phenoxy) is 2. The summed E-state index contributed by atoms with van der Waals surface area (Å²) in [6, 6.07) is -0.651. The van der Waals surface area contributed by atoms with Crippen molar-refractivity contribution in [2.45, 2.75) is 148 Å². The zero-order valence-corrected chi connectivity index (χ0v) is 28.1. The maximum atomic E-state index is 12.3. The van der Waals surface area contributed by atoms with Gasteiger partial charge in [-0.3, -0.25) is 19.2 Å². The van der Waals surface area contributed by atoms with E-state index in [4.69, 9.17) is 14.6 Å². The number of aliphatic hydroxyl groups is 1. The monoisotopic (exact) mass is 627 g/mol. The fourth-order valence-corrected chi connectivity index (χ4v) is 4.91. The number of hydrogen-bond donors (Lipinski definition) is 4. The Bertz CT molecular complexity index is 721. The van der Waals surface area contributed by atoms with E-state index in [9.17, 15) is 19.2 Å². The summed E-state index contributed by atoms with van der Waals surface area (Å²) >= 11 is 0. The molecule has 258 valence electrons. The highest BCUT2D eigenvalue weighted by molar-refractivity contribution is 5.88. The predicted octanol–water partition coefficient (Wildman–Crippen LogP) is 5.14. The van der Waals surface area contributed by atoms with Gasteiger partial charge in [0.25, 0.3) is 0 Å². The number of rotatable bonds is 33. The average molecular weight is 628 g/mol. The van der Waals surface area contributed by atoms with Crippen LogP contribution in [-0.4, -0.2) is 80.8 Å². The molecule has 0 heterocycles. The largest absolute Gasteiger partial charge is 0.395 e. The van der Waals surface area contributed by atoms with E-state index < -0.39 is 6.04 Å². The first-order valence-corrected chi connectivity index (χ1v) is 17.5.